The molecule has 1 aliphatic rings. The van der Waals surface area contributed by atoms with Crippen LogP contribution in [0.3, 0.4) is 0 Å². The average molecular weight is 553 g/mol. The number of rotatable bonds is 6. The number of amides is 1. The molecule has 0 aliphatic heterocycles. The van der Waals surface area contributed by atoms with E-state index < -0.39 is 0 Å². The number of benzene rings is 1. The topological polar surface area (TPSA) is 123 Å². The number of aromatic nitrogens is 7. The van der Waals surface area contributed by atoms with Gasteiger partial charge in [-0.2, -0.15) is 5.10 Å². The van der Waals surface area contributed by atoms with Crippen molar-refractivity contribution in [3.05, 3.63) is 64.2 Å². The number of fused-ring (bicyclic) bond motifs is 1. The van der Waals surface area contributed by atoms with E-state index in [1.165, 1.54) is 18.6 Å². The number of ether oxygens (including phenoxy) is 1. The summed E-state index contributed by atoms with van der Waals surface area (Å²) in [6, 6.07) is 8.02. The molecule has 4 aromatic heterocycles. The van der Waals surface area contributed by atoms with E-state index in [0.29, 0.717) is 57.0 Å². The molecule has 0 saturated heterocycles. The molecule has 194 valence electrons. The molecule has 0 bridgehead atoms. The van der Waals surface area contributed by atoms with E-state index in [0.717, 1.165) is 16.9 Å². The second-order valence-corrected chi connectivity index (χ2v) is 10.7. The Hall–Kier alpha value is -3.74. The van der Waals surface area contributed by atoms with Crippen molar-refractivity contribution in [1.82, 2.24) is 40.0 Å². The highest BCUT2D eigenvalue weighted by atomic mass is 35.5. The molecule has 2 N–H and O–H groups in total. The lowest BCUT2D eigenvalue weighted by Gasteiger charge is -2.36. The number of hydrogen-bond donors (Lipinski definition) is 2. The molecule has 6 rings (SSSR count). The minimum Gasteiger partial charge on any atom is -0.381 e. The molecule has 0 radical (unpaired) electrons. The Morgan fingerprint density at radius 2 is 2.08 bits per heavy atom. The van der Waals surface area contributed by atoms with Gasteiger partial charge in [0.1, 0.15) is 33.5 Å². The molecule has 1 aliphatic carbocycles. The van der Waals surface area contributed by atoms with Crippen molar-refractivity contribution in [2.45, 2.75) is 37.5 Å². The molecule has 4 heterocycles. The van der Waals surface area contributed by atoms with Gasteiger partial charge in [-0.1, -0.05) is 35.1 Å². The molecule has 5 aromatic rings. The third kappa shape index (κ3) is 4.66. The van der Waals surface area contributed by atoms with Gasteiger partial charge in [0.2, 0.25) is 0 Å². The molecule has 10 nitrogen and oxygen atoms in total. The number of H-pyrrole nitrogens is 1. The number of carbonyl (C=O) groups excluding carboxylic acids is 1. The van der Waals surface area contributed by atoms with Crippen LogP contribution in [0.15, 0.2) is 49.1 Å². The van der Waals surface area contributed by atoms with E-state index in [1.54, 1.807) is 31.5 Å². The number of imidazole rings is 1. The fraction of sp³-hybridized carbons (Fsp3) is 0.280. The Kier molecular flexibility index (Phi) is 6.60. The van der Waals surface area contributed by atoms with Crippen molar-refractivity contribution in [3.8, 4) is 22.9 Å². The lowest BCUT2D eigenvalue weighted by atomic mass is 9.88. The second-order valence-electron chi connectivity index (χ2n) is 9.02. The van der Waals surface area contributed by atoms with Crippen molar-refractivity contribution in [2.75, 3.05) is 7.11 Å². The summed E-state index contributed by atoms with van der Waals surface area (Å²) in [5.41, 5.74) is 2.31. The molecular formula is C25H22ClFN8O2S. The maximum atomic E-state index is 15.0. The van der Waals surface area contributed by atoms with E-state index in [4.69, 9.17) is 21.3 Å². The minimum absolute atomic E-state index is 0.140. The summed E-state index contributed by atoms with van der Waals surface area (Å²) in [6.07, 6.45) is 6.30. The number of nitrogens with one attached hydrogen (secondary N) is 2. The number of nitrogens with zero attached hydrogens (tertiary/aromatic N) is 6. The zero-order chi connectivity index (χ0) is 26.2. The van der Waals surface area contributed by atoms with Crippen molar-refractivity contribution in [2.24, 2.45) is 0 Å². The summed E-state index contributed by atoms with van der Waals surface area (Å²) in [7, 11) is 1.65. The van der Waals surface area contributed by atoms with Crippen molar-refractivity contribution < 1.29 is 13.9 Å². The van der Waals surface area contributed by atoms with Crippen LogP contribution in [0.4, 0.5) is 4.39 Å². The first-order chi connectivity index (χ1) is 18.5. The third-order valence-corrected chi connectivity index (χ3v) is 7.79. The quantitative estimate of drug-likeness (QED) is 0.314. The molecule has 1 aromatic carbocycles. The number of pyridine rings is 1. The van der Waals surface area contributed by atoms with Gasteiger partial charge in [0.25, 0.3) is 5.91 Å². The second kappa shape index (κ2) is 10.2. The van der Waals surface area contributed by atoms with Gasteiger partial charge >= 0.3 is 0 Å². The fourth-order valence-corrected chi connectivity index (χ4v) is 5.84. The van der Waals surface area contributed by atoms with Gasteiger partial charge in [0, 0.05) is 19.2 Å². The van der Waals surface area contributed by atoms with Crippen LogP contribution in [-0.4, -0.2) is 59.9 Å². The fourth-order valence-electron chi connectivity index (χ4n) is 5.02. The van der Waals surface area contributed by atoms with Crippen LogP contribution in [0.2, 0.25) is 4.34 Å². The number of hydrogen-bond acceptors (Lipinski definition) is 8. The monoisotopic (exact) mass is 552 g/mol. The van der Waals surface area contributed by atoms with Gasteiger partial charge in [-0.3, -0.25) is 14.9 Å². The first-order valence-corrected chi connectivity index (χ1v) is 13.1. The van der Waals surface area contributed by atoms with Gasteiger partial charge in [0.15, 0.2) is 10.8 Å². The molecule has 0 unspecified atom stereocenters. The summed E-state index contributed by atoms with van der Waals surface area (Å²) >= 11 is 7.10. The highest BCUT2D eigenvalue weighted by molar-refractivity contribution is 7.17. The highest BCUT2D eigenvalue weighted by Crippen LogP contribution is 2.38. The Balaban J connectivity index is 1.43. The normalized spacial score (nSPS) is 19.6. The van der Waals surface area contributed by atoms with Crippen LogP contribution in [0, 0.1) is 5.82 Å². The zero-order valence-corrected chi connectivity index (χ0v) is 21.7. The smallest absolute Gasteiger partial charge is 0.280 e. The molecular weight excluding hydrogens is 531 g/mol. The predicted molar refractivity (Wildman–Crippen MR) is 140 cm³/mol. The first-order valence-electron chi connectivity index (χ1n) is 11.9. The number of carbonyl (C=O) groups is 1. The standard InChI is InChI=1S/C25H22ClFN8O2S/c1-37-15-7-13(32-24(36)25-29-11-21(26)38-25)6-14(8-15)35-20-9-18(22-30-12-31-34-22)28-10-19(20)33-23(35)16-4-2-3-5-17(16)27/h2-5,9-15H,6-8H2,1H3,(H,32,36)(H,30,31,34)/t13-,14+,15+/m1/s1. The average Bonchev–Trinajstić information content (AvgIpc) is 3.68. The number of halogens is 2. The van der Waals surface area contributed by atoms with E-state index in [2.05, 4.69) is 30.5 Å². The molecule has 0 spiro atoms. The van der Waals surface area contributed by atoms with E-state index in [9.17, 15) is 4.79 Å². The van der Waals surface area contributed by atoms with Crippen LogP contribution in [-0.2, 0) is 4.74 Å². The van der Waals surface area contributed by atoms with Crippen molar-refractivity contribution in [3.63, 3.8) is 0 Å². The van der Waals surface area contributed by atoms with Gasteiger partial charge in [-0.15, -0.1) is 0 Å². The van der Waals surface area contributed by atoms with Crippen LogP contribution < -0.4 is 5.32 Å². The SMILES string of the molecule is CO[C@H]1C[C@H](NC(=O)c2ncc(Cl)s2)C[C@H](n2c(-c3ccccc3F)nc3cnc(-c4nc[nH]n4)cc32)C1. The predicted octanol–water partition coefficient (Wildman–Crippen LogP) is 4.67. The molecule has 13 heteroatoms. The molecule has 1 saturated carbocycles. The molecule has 38 heavy (non-hydrogen) atoms. The minimum atomic E-state index is -0.379. The van der Waals surface area contributed by atoms with E-state index >= 15 is 4.39 Å². The Bertz CT molecular complexity index is 1600. The zero-order valence-electron chi connectivity index (χ0n) is 20.1. The van der Waals surface area contributed by atoms with Crippen LogP contribution in [0.25, 0.3) is 33.9 Å². The number of aromatic amines is 1. The number of thiazole rings is 1. The molecule has 3 atom stereocenters. The molecule has 1 amide bonds. The van der Waals surface area contributed by atoms with Crippen molar-refractivity contribution in [1.29, 1.82) is 0 Å². The van der Waals surface area contributed by atoms with E-state index in [1.807, 2.05) is 10.6 Å². The highest BCUT2D eigenvalue weighted by Gasteiger charge is 2.34. The van der Waals surface area contributed by atoms with Crippen molar-refractivity contribution >= 4 is 39.9 Å². The van der Waals surface area contributed by atoms with Crippen LogP contribution in [0.5, 0.6) is 0 Å². The summed E-state index contributed by atoms with van der Waals surface area (Å²) < 4.78 is 23.3. The Morgan fingerprint density at radius 3 is 2.82 bits per heavy atom. The van der Waals surface area contributed by atoms with Gasteiger partial charge < -0.3 is 14.6 Å². The Labute approximate surface area is 225 Å². The maximum absolute atomic E-state index is 15.0. The summed E-state index contributed by atoms with van der Waals surface area (Å²) in [5, 5.41) is 10.2. The van der Waals surface area contributed by atoms with Gasteiger partial charge in [-0.05, 0) is 37.5 Å². The largest absolute Gasteiger partial charge is 0.381 e. The summed E-state index contributed by atoms with van der Waals surface area (Å²) in [6.45, 7) is 0. The first kappa shape index (κ1) is 24.6. The number of methoxy groups -OCH3 is 1. The summed E-state index contributed by atoms with van der Waals surface area (Å²) in [4.78, 5) is 30.4. The lowest BCUT2D eigenvalue weighted by Crippen LogP contribution is -2.43. The van der Waals surface area contributed by atoms with E-state index in [-0.39, 0.29) is 29.9 Å². The van der Waals surface area contributed by atoms with Crippen LogP contribution >= 0.6 is 22.9 Å². The summed E-state index contributed by atoms with van der Waals surface area (Å²) in [5.74, 6) is 0.252. The Morgan fingerprint density at radius 1 is 1.21 bits per heavy atom. The maximum Gasteiger partial charge on any atom is 0.280 e. The lowest BCUT2D eigenvalue weighted by molar-refractivity contribution is 0.0398. The van der Waals surface area contributed by atoms with Crippen LogP contribution in [0.1, 0.15) is 35.1 Å². The third-order valence-electron chi connectivity index (χ3n) is 6.68. The van der Waals surface area contributed by atoms with Gasteiger partial charge in [-0.25, -0.2) is 19.3 Å². The molecule has 1 fully saturated rings. The van der Waals surface area contributed by atoms with Gasteiger partial charge in [0.05, 0.1) is 29.6 Å².